The number of hydrogen-bond acceptors (Lipinski definition) is 6. The smallest absolute Gasteiger partial charge is 0.488 e. The molecule has 0 spiro atoms. The molecule has 4 aromatic rings. The van der Waals surface area contributed by atoms with Crippen LogP contribution in [0.4, 0.5) is 0 Å². The van der Waals surface area contributed by atoms with Crippen molar-refractivity contribution in [2.75, 3.05) is 13.2 Å². The molecule has 0 fully saturated rings. The first kappa shape index (κ1) is 24.7. The Hall–Kier alpha value is -3.39. The fraction of sp³-hybridized carbons (Fsp3) is 0.250. The summed E-state index contributed by atoms with van der Waals surface area (Å²) in [6, 6.07) is 25.5. The zero-order chi connectivity index (χ0) is 24.6. The molecule has 2 N–H and O–H groups in total. The van der Waals surface area contributed by atoms with E-state index < -0.39 is 7.12 Å². The molecule has 0 amide bonds. The lowest BCUT2D eigenvalue weighted by Gasteiger charge is -2.21. The predicted molar refractivity (Wildman–Crippen MR) is 138 cm³/mol. The highest BCUT2D eigenvalue weighted by Gasteiger charge is 2.12. The Balaban J connectivity index is 1.27. The molecule has 35 heavy (non-hydrogen) atoms. The van der Waals surface area contributed by atoms with Crippen molar-refractivity contribution < 1.29 is 19.2 Å². The fourth-order valence-corrected chi connectivity index (χ4v) is 3.91. The van der Waals surface area contributed by atoms with Crippen LogP contribution in [0.1, 0.15) is 29.5 Å². The molecule has 0 aliphatic heterocycles. The normalized spacial score (nSPS) is 11.1. The molecule has 0 radical (unpaired) electrons. The monoisotopic (exact) mass is 470 g/mol. The minimum atomic E-state index is -1.43. The molecule has 0 bridgehead atoms. The van der Waals surface area contributed by atoms with Crippen LogP contribution in [0.3, 0.4) is 0 Å². The Kier molecular flexibility index (Phi) is 8.37. The quantitative estimate of drug-likeness (QED) is 0.323. The predicted octanol–water partition coefficient (Wildman–Crippen LogP) is 3.97. The molecule has 7 heteroatoms. The molecule has 0 saturated heterocycles. The highest BCUT2D eigenvalue weighted by atomic mass is 16.5. The number of aromatic nitrogens is 1. The van der Waals surface area contributed by atoms with Gasteiger partial charge in [0.25, 0.3) is 0 Å². The SMILES string of the molecule is CCN(Cc1ccc(OCCc2nc(-c3ccccc3)oc2C)cc1)Cc1ccc(B(O)O)cc1. The van der Waals surface area contributed by atoms with Gasteiger partial charge in [0.15, 0.2) is 0 Å². The van der Waals surface area contributed by atoms with Gasteiger partial charge < -0.3 is 19.2 Å². The molecule has 6 nitrogen and oxygen atoms in total. The summed E-state index contributed by atoms with van der Waals surface area (Å²) in [6.45, 7) is 7.12. The lowest BCUT2D eigenvalue weighted by molar-refractivity contribution is 0.271. The van der Waals surface area contributed by atoms with Gasteiger partial charge in [-0.1, -0.05) is 61.5 Å². The first-order valence-electron chi connectivity index (χ1n) is 11.9. The third-order valence-corrected chi connectivity index (χ3v) is 5.98. The van der Waals surface area contributed by atoms with Gasteiger partial charge >= 0.3 is 7.12 Å². The second kappa shape index (κ2) is 11.8. The van der Waals surface area contributed by atoms with Crippen molar-refractivity contribution in [3.63, 3.8) is 0 Å². The van der Waals surface area contributed by atoms with Gasteiger partial charge in [-0.15, -0.1) is 0 Å². The average molecular weight is 470 g/mol. The average Bonchev–Trinajstić information content (AvgIpc) is 3.26. The first-order valence-corrected chi connectivity index (χ1v) is 11.9. The molecule has 0 aliphatic carbocycles. The van der Waals surface area contributed by atoms with E-state index >= 15 is 0 Å². The summed E-state index contributed by atoms with van der Waals surface area (Å²) in [7, 11) is -1.43. The van der Waals surface area contributed by atoms with Crippen molar-refractivity contribution in [1.82, 2.24) is 9.88 Å². The van der Waals surface area contributed by atoms with Gasteiger partial charge in [0.2, 0.25) is 5.89 Å². The molecule has 1 aromatic heterocycles. The van der Waals surface area contributed by atoms with Gasteiger partial charge in [-0.3, -0.25) is 4.90 Å². The molecule has 0 saturated carbocycles. The van der Waals surface area contributed by atoms with Gasteiger partial charge in [-0.05, 0) is 54.3 Å². The molecule has 0 atom stereocenters. The minimum absolute atomic E-state index is 0.503. The van der Waals surface area contributed by atoms with E-state index in [0.29, 0.717) is 24.4 Å². The van der Waals surface area contributed by atoms with Gasteiger partial charge in [0, 0.05) is 25.1 Å². The third kappa shape index (κ3) is 6.82. The molecular weight excluding hydrogens is 439 g/mol. The van der Waals surface area contributed by atoms with E-state index in [9.17, 15) is 10.0 Å². The van der Waals surface area contributed by atoms with E-state index in [1.165, 1.54) is 5.56 Å². The van der Waals surface area contributed by atoms with Crippen LogP contribution in [0.5, 0.6) is 5.75 Å². The maximum atomic E-state index is 9.26. The second-order valence-electron chi connectivity index (χ2n) is 8.55. The Bertz CT molecular complexity index is 1190. The number of hydrogen-bond donors (Lipinski definition) is 2. The Labute approximate surface area is 207 Å². The number of aryl methyl sites for hydroxylation is 1. The summed E-state index contributed by atoms with van der Waals surface area (Å²) in [5.74, 6) is 2.30. The number of rotatable bonds is 11. The molecule has 3 aromatic carbocycles. The Morgan fingerprint density at radius 2 is 1.51 bits per heavy atom. The first-order chi connectivity index (χ1) is 17.0. The summed E-state index contributed by atoms with van der Waals surface area (Å²) in [5, 5.41) is 18.5. The summed E-state index contributed by atoms with van der Waals surface area (Å²) in [5.41, 5.74) is 4.74. The zero-order valence-corrected chi connectivity index (χ0v) is 20.2. The van der Waals surface area contributed by atoms with Crippen molar-refractivity contribution in [2.45, 2.75) is 33.4 Å². The van der Waals surface area contributed by atoms with Crippen molar-refractivity contribution in [3.8, 4) is 17.2 Å². The van der Waals surface area contributed by atoms with Crippen molar-refractivity contribution in [1.29, 1.82) is 0 Å². The summed E-state index contributed by atoms with van der Waals surface area (Å²) >= 11 is 0. The van der Waals surface area contributed by atoms with Crippen LogP contribution < -0.4 is 10.2 Å². The number of ether oxygens (including phenoxy) is 1. The van der Waals surface area contributed by atoms with Crippen molar-refractivity contribution in [3.05, 3.63) is 101 Å². The van der Waals surface area contributed by atoms with Gasteiger partial charge in [-0.25, -0.2) is 4.98 Å². The maximum absolute atomic E-state index is 9.26. The van der Waals surface area contributed by atoms with Crippen molar-refractivity contribution in [2.24, 2.45) is 0 Å². The molecule has 0 aliphatic rings. The Morgan fingerprint density at radius 3 is 2.11 bits per heavy atom. The van der Waals surface area contributed by atoms with E-state index in [0.717, 1.165) is 48.0 Å². The minimum Gasteiger partial charge on any atom is -0.493 e. The topological polar surface area (TPSA) is 79.0 Å². The Morgan fingerprint density at radius 1 is 0.886 bits per heavy atom. The zero-order valence-electron chi connectivity index (χ0n) is 20.2. The van der Waals surface area contributed by atoms with Crippen LogP contribution >= 0.6 is 0 Å². The lowest BCUT2D eigenvalue weighted by atomic mass is 9.80. The van der Waals surface area contributed by atoms with Crippen LogP contribution in [0, 0.1) is 6.92 Å². The van der Waals surface area contributed by atoms with Gasteiger partial charge in [-0.2, -0.15) is 0 Å². The molecule has 0 unspecified atom stereocenters. The van der Waals surface area contributed by atoms with Gasteiger partial charge in [0.05, 0.1) is 12.3 Å². The van der Waals surface area contributed by atoms with Crippen LogP contribution in [0.15, 0.2) is 83.3 Å². The highest BCUT2D eigenvalue weighted by molar-refractivity contribution is 6.58. The van der Waals surface area contributed by atoms with Crippen LogP contribution in [-0.4, -0.2) is 40.2 Å². The third-order valence-electron chi connectivity index (χ3n) is 5.98. The summed E-state index contributed by atoms with van der Waals surface area (Å²) < 4.78 is 11.8. The van der Waals surface area contributed by atoms with Crippen molar-refractivity contribution >= 4 is 12.6 Å². The maximum Gasteiger partial charge on any atom is 0.488 e. The number of nitrogens with zero attached hydrogens (tertiary/aromatic N) is 2. The van der Waals surface area contributed by atoms with Crippen LogP contribution in [0.25, 0.3) is 11.5 Å². The van der Waals surface area contributed by atoms with E-state index in [-0.39, 0.29) is 0 Å². The van der Waals surface area contributed by atoms with Crippen LogP contribution in [-0.2, 0) is 19.5 Å². The largest absolute Gasteiger partial charge is 0.493 e. The summed E-state index contributed by atoms with van der Waals surface area (Å²) in [4.78, 5) is 6.97. The van der Waals surface area contributed by atoms with E-state index in [1.54, 1.807) is 12.1 Å². The second-order valence-corrected chi connectivity index (χ2v) is 8.55. The van der Waals surface area contributed by atoms with E-state index in [2.05, 4.69) is 28.9 Å². The lowest BCUT2D eigenvalue weighted by Crippen LogP contribution is -2.29. The summed E-state index contributed by atoms with van der Waals surface area (Å²) in [6.07, 6.45) is 0.680. The molecule has 1 heterocycles. The molecule has 180 valence electrons. The number of oxazole rings is 1. The standard InChI is InChI=1S/C28H31BN2O4/c1-3-31(19-22-9-13-25(14-10-22)29(32)33)20-23-11-15-26(16-12-23)34-18-17-27-21(2)35-28(30-27)24-7-5-4-6-8-24/h4-16,32-33H,3,17-20H2,1-2H3. The van der Waals surface area contributed by atoms with E-state index in [4.69, 9.17) is 9.15 Å². The molecular formula is C28H31BN2O4. The molecule has 4 rings (SSSR count). The van der Waals surface area contributed by atoms with E-state index in [1.807, 2.05) is 61.5 Å². The highest BCUT2D eigenvalue weighted by Crippen LogP contribution is 2.22. The van der Waals surface area contributed by atoms with Crippen LogP contribution in [0.2, 0.25) is 0 Å². The fourth-order valence-electron chi connectivity index (χ4n) is 3.91. The number of benzene rings is 3. The van der Waals surface area contributed by atoms with Gasteiger partial charge in [0.1, 0.15) is 11.5 Å².